The first-order valence-corrected chi connectivity index (χ1v) is 8.10. The second-order valence-corrected chi connectivity index (χ2v) is 6.16. The third-order valence-corrected chi connectivity index (χ3v) is 4.74. The molecule has 3 aromatic rings. The number of hydrogen-bond acceptors (Lipinski definition) is 3. The smallest absolute Gasteiger partial charge is 0.123 e. The Hall–Kier alpha value is -2.68. The molecule has 6 heteroatoms. The molecule has 1 aromatic heterocycles. The van der Waals surface area contributed by atoms with Crippen LogP contribution in [0.15, 0.2) is 61.2 Å². The van der Waals surface area contributed by atoms with Crippen molar-refractivity contribution in [2.24, 2.45) is 0 Å². The van der Waals surface area contributed by atoms with E-state index in [0.29, 0.717) is 18.6 Å². The molecule has 0 bridgehead atoms. The predicted octanol–water partition coefficient (Wildman–Crippen LogP) is 4.18. The van der Waals surface area contributed by atoms with Crippen LogP contribution in [0.4, 0.5) is 4.39 Å². The van der Waals surface area contributed by atoms with Crippen LogP contribution in [-0.4, -0.2) is 9.55 Å². The topological polar surface area (TPSA) is 50.8 Å². The van der Waals surface area contributed by atoms with Gasteiger partial charge in [0.2, 0.25) is 0 Å². The van der Waals surface area contributed by atoms with E-state index < -0.39 is 5.60 Å². The molecule has 4 rings (SSSR count). The van der Waals surface area contributed by atoms with E-state index in [0.717, 1.165) is 23.2 Å². The van der Waals surface area contributed by atoms with Gasteiger partial charge in [-0.15, -0.1) is 12.4 Å². The van der Waals surface area contributed by atoms with Gasteiger partial charge in [0.1, 0.15) is 11.4 Å². The van der Waals surface area contributed by atoms with Gasteiger partial charge in [-0.2, -0.15) is 5.26 Å². The summed E-state index contributed by atoms with van der Waals surface area (Å²) in [6.07, 6.45) is 6.11. The number of nitrogens with zero attached hydrogens (tertiary/aromatic N) is 3. The highest BCUT2D eigenvalue weighted by Crippen LogP contribution is 2.45. The number of ether oxygens (including phenoxy) is 1. The van der Waals surface area contributed by atoms with Crippen LogP contribution in [0.25, 0.3) is 0 Å². The Morgan fingerprint density at radius 2 is 2.04 bits per heavy atom. The molecule has 0 saturated heterocycles. The van der Waals surface area contributed by atoms with Crippen LogP contribution in [0, 0.1) is 17.1 Å². The number of halogens is 2. The van der Waals surface area contributed by atoms with E-state index in [9.17, 15) is 4.39 Å². The van der Waals surface area contributed by atoms with Crippen molar-refractivity contribution in [1.29, 1.82) is 5.26 Å². The minimum absolute atomic E-state index is 0. The Balaban J connectivity index is 0.00000196. The molecule has 2 heterocycles. The molecule has 2 aromatic carbocycles. The molecule has 0 amide bonds. The zero-order valence-corrected chi connectivity index (χ0v) is 14.7. The number of rotatable bonds is 4. The zero-order valence-electron chi connectivity index (χ0n) is 13.9. The van der Waals surface area contributed by atoms with Crippen molar-refractivity contribution in [2.45, 2.75) is 25.2 Å². The molecular formula is C20H17ClFN3O. The van der Waals surface area contributed by atoms with Gasteiger partial charge in [-0.3, -0.25) is 0 Å². The largest absolute Gasteiger partial charge is 0.361 e. The summed E-state index contributed by atoms with van der Waals surface area (Å²) in [4.78, 5) is 4.08. The van der Waals surface area contributed by atoms with Crippen molar-refractivity contribution in [3.63, 3.8) is 0 Å². The number of hydrogen-bond donors (Lipinski definition) is 0. The molecule has 1 atom stereocenters. The number of aromatic nitrogens is 2. The predicted molar refractivity (Wildman–Crippen MR) is 97.2 cm³/mol. The van der Waals surface area contributed by atoms with E-state index in [1.807, 2.05) is 29.0 Å². The number of fused-ring (bicyclic) bond motifs is 1. The molecule has 0 spiro atoms. The van der Waals surface area contributed by atoms with Crippen LogP contribution in [-0.2, 0) is 23.5 Å². The van der Waals surface area contributed by atoms with Gasteiger partial charge in [-0.25, -0.2) is 9.37 Å². The summed E-state index contributed by atoms with van der Waals surface area (Å²) in [5, 5.41) is 9.13. The third kappa shape index (κ3) is 3.10. The van der Waals surface area contributed by atoms with Crippen LogP contribution in [0.5, 0.6) is 0 Å². The SMILES string of the molecule is Cl.N#Cc1ccc2c(c1)COC2(CCn1ccnc1)c1ccc(F)cc1. The Morgan fingerprint density at radius 3 is 2.73 bits per heavy atom. The molecular weight excluding hydrogens is 353 g/mol. The fourth-order valence-corrected chi connectivity index (χ4v) is 3.47. The van der Waals surface area contributed by atoms with Crippen LogP contribution in [0.2, 0.25) is 0 Å². The number of benzene rings is 2. The lowest BCUT2D eigenvalue weighted by Gasteiger charge is -2.30. The normalized spacial score (nSPS) is 18.0. The quantitative estimate of drug-likeness (QED) is 0.693. The number of nitriles is 1. The molecule has 0 radical (unpaired) electrons. The molecule has 4 nitrogen and oxygen atoms in total. The summed E-state index contributed by atoms with van der Waals surface area (Å²) in [5.74, 6) is -0.272. The Bertz CT molecular complexity index is 935. The van der Waals surface area contributed by atoms with E-state index in [1.54, 1.807) is 24.7 Å². The van der Waals surface area contributed by atoms with Crippen LogP contribution >= 0.6 is 12.4 Å². The highest BCUT2D eigenvalue weighted by molar-refractivity contribution is 5.85. The fourth-order valence-electron chi connectivity index (χ4n) is 3.47. The maximum Gasteiger partial charge on any atom is 0.123 e. The second-order valence-electron chi connectivity index (χ2n) is 6.16. The lowest BCUT2D eigenvalue weighted by molar-refractivity contribution is -0.0146. The fraction of sp³-hybridized carbons (Fsp3) is 0.200. The highest BCUT2D eigenvalue weighted by atomic mass is 35.5. The summed E-state index contributed by atoms with van der Waals surface area (Å²) in [6.45, 7) is 1.16. The van der Waals surface area contributed by atoms with Crippen LogP contribution in [0.3, 0.4) is 0 Å². The first-order valence-electron chi connectivity index (χ1n) is 8.10. The first-order chi connectivity index (χ1) is 12.2. The second kappa shape index (κ2) is 7.28. The minimum atomic E-state index is -0.651. The highest BCUT2D eigenvalue weighted by Gasteiger charge is 2.41. The van der Waals surface area contributed by atoms with Gasteiger partial charge in [0.25, 0.3) is 0 Å². The molecule has 0 fully saturated rings. The lowest BCUT2D eigenvalue weighted by Crippen LogP contribution is -2.28. The molecule has 1 aliphatic rings. The Labute approximate surface area is 157 Å². The van der Waals surface area contributed by atoms with Crippen LogP contribution in [0.1, 0.15) is 28.7 Å². The number of aryl methyl sites for hydroxylation is 1. The van der Waals surface area contributed by atoms with Gasteiger partial charge in [0.15, 0.2) is 0 Å². The van der Waals surface area contributed by atoms with Crippen molar-refractivity contribution in [3.05, 3.63) is 89.3 Å². The molecule has 132 valence electrons. The average molecular weight is 370 g/mol. The van der Waals surface area contributed by atoms with Crippen molar-refractivity contribution in [2.75, 3.05) is 0 Å². The molecule has 0 saturated carbocycles. The van der Waals surface area contributed by atoms with Gasteiger partial charge in [-0.05, 0) is 41.0 Å². The van der Waals surface area contributed by atoms with Gasteiger partial charge in [0.05, 0.1) is 24.6 Å². The van der Waals surface area contributed by atoms with Crippen LogP contribution < -0.4 is 0 Å². The van der Waals surface area contributed by atoms with E-state index in [4.69, 9.17) is 10.00 Å². The summed E-state index contributed by atoms with van der Waals surface area (Å²) < 4.78 is 21.7. The average Bonchev–Trinajstić information content (AvgIpc) is 3.28. The van der Waals surface area contributed by atoms with E-state index >= 15 is 0 Å². The summed E-state index contributed by atoms with van der Waals surface area (Å²) in [6, 6.07) is 14.3. The molecule has 1 unspecified atom stereocenters. The zero-order chi connectivity index (χ0) is 17.3. The molecule has 0 N–H and O–H groups in total. The maximum atomic E-state index is 13.4. The monoisotopic (exact) mass is 369 g/mol. The van der Waals surface area contributed by atoms with E-state index in [2.05, 4.69) is 11.1 Å². The van der Waals surface area contributed by atoms with E-state index in [1.165, 1.54) is 12.1 Å². The first kappa shape index (κ1) is 18.1. The van der Waals surface area contributed by atoms with Crippen molar-refractivity contribution < 1.29 is 9.13 Å². The van der Waals surface area contributed by atoms with Gasteiger partial charge >= 0.3 is 0 Å². The lowest BCUT2D eigenvalue weighted by atomic mass is 9.82. The van der Waals surface area contributed by atoms with Gasteiger partial charge < -0.3 is 9.30 Å². The molecule has 1 aliphatic heterocycles. The maximum absolute atomic E-state index is 13.4. The van der Waals surface area contributed by atoms with Crippen molar-refractivity contribution >= 4 is 12.4 Å². The number of imidazole rings is 1. The van der Waals surface area contributed by atoms with Gasteiger partial charge in [0, 0.05) is 25.4 Å². The van der Waals surface area contributed by atoms with Crippen molar-refractivity contribution in [1.82, 2.24) is 9.55 Å². The van der Waals surface area contributed by atoms with E-state index in [-0.39, 0.29) is 18.2 Å². The third-order valence-electron chi connectivity index (χ3n) is 4.74. The standard InChI is InChI=1S/C20H16FN3O.ClH/c21-18-4-2-17(3-5-18)20(7-9-24-10-8-23-14-24)19-6-1-15(12-22)11-16(19)13-25-20;/h1-6,8,10-11,14H,7,9,13H2;1H. The van der Waals surface area contributed by atoms with Gasteiger partial charge in [-0.1, -0.05) is 18.2 Å². The minimum Gasteiger partial charge on any atom is -0.361 e. The Kier molecular flexibility index (Phi) is 5.08. The summed E-state index contributed by atoms with van der Waals surface area (Å²) in [7, 11) is 0. The molecule has 26 heavy (non-hydrogen) atoms. The summed E-state index contributed by atoms with van der Waals surface area (Å²) >= 11 is 0. The van der Waals surface area contributed by atoms with Crippen molar-refractivity contribution in [3.8, 4) is 6.07 Å². The molecule has 0 aliphatic carbocycles. The Morgan fingerprint density at radius 1 is 1.23 bits per heavy atom. The summed E-state index contributed by atoms with van der Waals surface area (Å²) in [5.41, 5.74) is 2.93.